The summed E-state index contributed by atoms with van der Waals surface area (Å²) in [5.74, 6) is -3.13. The highest BCUT2D eigenvalue weighted by Crippen LogP contribution is 2.15. The number of amides is 5. The molecule has 5 N–H and O–H groups in total. The summed E-state index contributed by atoms with van der Waals surface area (Å²) in [6.07, 6.45) is -0.755. The van der Waals surface area contributed by atoms with Crippen LogP contribution in [0.15, 0.2) is 121 Å². The lowest BCUT2D eigenvalue weighted by atomic mass is 10.2. The summed E-state index contributed by atoms with van der Waals surface area (Å²) >= 11 is 0. The van der Waals surface area contributed by atoms with E-state index in [-0.39, 0.29) is 64.2 Å². The SMILES string of the molecule is COC(=O)c1cccc(NC(=O)c2cccc(NC(=O)c3cccc(NC(=O)c4cccc(NC(=O)c5cccc(NC(=O)OCc6ccccc6)n5)n4)n3)n2)n1. The predicted octanol–water partition coefficient (Wildman–Crippen LogP) is 5.21. The molecule has 57 heavy (non-hydrogen) atoms. The molecule has 5 heterocycles. The second kappa shape index (κ2) is 18.1. The predicted molar refractivity (Wildman–Crippen MR) is 205 cm³/mol. The Balaban J connectivity index is 1.03. The van der Waals surface area contributed by atoms with Crippen LogP contribution in [0.4, 0.5) is 33.9 Å². The van der Waals surface area contributed by atoms with Crippen molar-refractivity contribution in [3.05, 3.63) is 155 Å². The van der Waals surface area contributed by atoms with E-state index in [1.54, 1.807) is 0 Å². The molecule has 0 fully saturated rings. The van der Waals surface area contributed by atoms with Crippen LogP contribution in [-0.4, -0.2) is 67.7 Å². The first-order chi connectivity index (χ1) is 27.6. The molecule has 18 heteroatoms. The lowest BCUT2D eigenvalue weighted by Gasteiger charge is -2.10. The minimum atomic E-state index is -0.755. The number of carbonyl (C=O) groups excluding carboxylic acids is 6. The van der Waals surface area contributed by atoms with Gasteiger partial charge in [-0.15, -0.1) is 0 Å². The van der Waals surface area contributed by atoms with E-state index in [1.807, 2.05) is 30.3 Å². The molecule has 284 valence electrons. The molecule has 0 atom stereocenters. The van der Waals surface area contributed by atoms with E-state index in [1.165, 1.54) is 98.1 Å². The summed E-state index contributed by atoms with van der Waals surface area (Å²) in [7, 11) is 1.21. The number of nitrogens with one attached hydrogen (secondary N) is 5. The molecule has 5 aromatic heterocycles. The van der Waals surface area contributed by atoms with Crippen LogP contribution in [-0.2, 0) is 16.1 Å². The van der Waals surface area contributed by atoms with Gasteiger partial charge in [0.2, 0.25) is 0 Å². The molecule has 0 spiro atoms. The summed E-state index contributed by atoms with van der Waals surface area (Å²) in [6, 6.07) is 31.1. The Hall–Kier alpha value is -8.41. The second-order valence-corrected chi connectivity index (χ2v) is 11.5. The van der Waals surface area contributed by atoms with Crippen LogP contribution in [0.1, 0.15) is 58.0 Å². The number of carbonyl (C=O) groups is 6. The molecular formula is C39H30N10O8. The smallest absolute Gasteiger partial charge is 0.413 e. The number of esters is 1. The Morgan fingerprint density at radius 1 is 0.421 bits per heavy atom. The van der Waals surface area contributed by atoms with E-state index in [0.29, 0.717) is 0 Å². The van der Waals surface area contributed by atoms with Gasteiger partial charge >= 0.3 is 12.1 Å². The van der Waals surface area contributed by atoms with Gasteiger partial charge in [-0.05, 0) is 66.2 Å². The minimum Gasteiger partial charge on any atom is -0.464 e. The summed E-state index contributed by atoms with van der Waals surface area (Å²) < 4.78 is 9.84. The number of methoxy groups -OCH3 is 1. The molecule has 0 aliphatic heterocycles. The maximum Gasteiger partial charge on any atom is 0.413 e. The summed E-state index contributed by atoms with van der Waals surface area (Å²) in [4.78, 5) is 96.8. The molecule has 6 rings (SSSR count). The Kier molecular flexibility index (Phi) is 12.2. The molecule has 0 unspecified atom stereocenters. The average molecular weight is 767 g/mol. The van der Waals surface area contributed by atoms with Crippen LogP contribution in [0.2, 0.25) is 0 Å². The number of aromatic nitrogens is 5. The lowest BCUT2D eigenvalue weighted by Crippen LogP contribution is -2.20. The van der Waals surface area contributed by atoms with Crippen molar-refractivity contribution in [1.29, 1.82) is 0 Å². The monoisotopic (exact) mass is 766 g/mol. The summed E-state index contributed by atoms with van der Waals surface area (Å²) in [5.41, 5.74) is 0.523. The molecule has 6 aromatic rings. The number of benzene rings is 1. The van der Waals surface area contributed by atoms with Gasteiger partial charge in [-0.1, -0.05) is 60.7 Å². The Bertz CT molecular complexity index is 2480. The molecule has 0 saturated carbocycles. The molecule has 0 bridgehead atoms. The number of hydrogen-bond acceptors (Lipinski definition) is 13. The highest BCUT2D eigenvalue weighted by atomic mass is 16.5. The highest BCUT2D eigenvalue weighted by Gasteiger charge is 2.17. The molecule has 0 radical (unpaired) electrons. The molecule has 1 aromatic carbocycles. The van der Waals surface area contributed by atoms with E-state index in [9.17, 15) is 28.8 Å². The van der Waals surface area contributed by atoms with Crippen molar-refractivity contribution in [1.82, 2.24) is 24.9 Å². The van der Waals surface area contributed by atoms with Crippen LogP contribution in [0.3, 0.4) is 0 Å². The number of nitrogens with zero attached hydrogens (tertiary/aromatic N) is 5. The van der Waals surface area contributed by atoms with Crippen molar-refractivity contribution in [3.63, 3.8) is 0 Å². The van der Waals surface area contributed by atoms with Crippen LogP contribution in [0.5, 0.6) is 0 Å². The topological polar surface area (TPSA) is 245 Å². The van der Waals surface area contributed by atoms with Crippen molar-refractivity contribution < 1.29 is 38.2 Å². The molecule has 0 saturated heterocycles. The third-order valence-corrected chi connectivity index (χ3v) is 7.48. The average Bonchev–Trinajstić information content (AvgIpc) is 3.23. The van der Waals surface area contributed by atoms with Gasteiger partial charge in [0.1, 0.15) is 58.5 Å². The Morgan fingerprint density at radius 2 is 0.754 bits per heavy atom. The van der Waals surface area contributed by atoms with E-state index in [2.05, 4.69) is 56.2 Å². The van der Waals surface area contributed by atoms with E-state index < -0.39 is 35.7 Å². The van der Waals surface area contributed by atoms with Crippen molar-refractivity contribution in [2.24, 2.45) is 0 Å². The van der Waals surface area contributed by atoms with Crippen molar-refractivity contribution in [3.8, 4) is 0 Å². The lowest BCUT2D eigenvalue weighted by molar-refractivity contribution is 0.0593. The number of anilines is 5. The van der Waals surface area contributed by atoms with Crippen molar-refractivity contribution >= 4 is 64.8 Å². The normalized spacial score (nSPS) is 10.3. The van der Waals surface area contributed by atoms with Gasteiger partial charge < -0.3 is 30.7 Å². The second-order valence-electron chi connectivity index (χ2n) is 11.5. The first kappa shape index (κ1) is 38.3. The first-order valence-electron chi connectivity index (χ1n) is 16.8. The molecule has 5 amide bonds. The third-order valence-electron chi connectivity index (χ3n) is 7.48. The van der Waals surface area contributed by atoms with Crippen LogP contribution in [0, 0.1) is 0 Å². The van der Waals surface area contributed by atoms with Gasteiger partial charge in [0.25, 0.3) is 23.6 Å². The van der Waals surface area contributed by atoms with E-state index >= 15 is 0 Å². The molecule has 0 aliphatic carbocycles. The quantitative estimate of drug-likeness (QED) is 0.101. The minimum absolute atomic E-state index is 0.00374. The number of hydrogen-bond donors (Lipinski definition) is 5. The number of ether oxygens (including phenoxy) is 2. The van der Waals surface area contributed by atoms with Gasteiger partial charge in [0, 0.05) is 0 Å². The first-order valence-corrected chi connectivity index (χ1v) is 16.8. The molecule has 18 nitrogen and oxygen atoms in total. The maximum absolute atomic E-state index is 13.1. The van der Waals surface area contributed by atoms with Crippen molar-refractivity contribution in [2.45, 2.75) is 6.61 Å². The summed E-state index contributed by atoms with van der Waals surface area (Å²) in [6.45, 7) is 0.0493. The van der Waals surface area contributed by atoms with Crippen LogP contribution >= 0.6 is 0 Å². The molecule has 0 aliphatic rings. The maximum atomic E-state index is 13.1. The summed E-state index contributed by atoms with van der Waals surface area (Å²) in [5, 5.41) is 12.7. The fraction of sp³-hybridized carbons (Fsp3) is 0.0513. The van der Waals surface area contributed by atoms with Gasteiger partial charge in [0.15, 0.2) is 5.69 Å². The van der Waals surface area contributed by atoms with E-state index in [0.717, 1.165) is 5.56 Å². The molecular weight excluding hydrogens is 736 g/mol. The fourth-order valence-corrected chi connectivity index (χ4v) is 4.83. The fourth-order valence-electron chi connectivity index (χ4n) is 4.83. The van der Waals surface area contributed by atoms with Crippen molar-refractivity contribution in [2.75, 3.05) is 33.7 Å². The van der Waals surface area contributed by atoms with Gasteiger partial charge in [0.05, 0.1) is 7.11 Å². The van der Waals surface area contributed by atoms with Crippen LogP contribution in [0.25, 0.3) is 0 Å². The van der Waals surface area contributed by atoms with E-state index in [4.69, 9.17) is 4.74 Å². The standard InChI is InChI=1S/C39H30N10O8/c1-56-38(54)28-16-9-20-32(44-28)48-36(52)26-14-7-18-30(42-26)46-34(50)24-12-5-17-29(40-24)45-35(51)25-13-6-19-31(41-25)47-37(53)27-15-8-21-33(43-27)49-39(55)57-22-23-10-3-2-4-11-23/h2-21H,22H2,1H3,(H,40,45,51)(H,41,47,53)(H,42,46,50)(H,43,49,55)(H,44,48,52). The van der Waals surface area contributed by atoms with Gasteiger partial charge in [-0.25, -0.2) is 34.5 Å². The van der Waals surface area contributed by atoms with Crippen LogP contribution < -0.4 is 26.6 Å². The highest BCUT2D eigenvalue weighted by molar-refractivity contribution is 6.07. The zero-order valence-electron chi connectivity index (χ0n) is 29.8. The Labute approximate surface area is 323 Å². The van der Waals surface area contributed by atoms with Gasteiger partial charge in [-0.3, -0.25) is 24.5 Å². The zero-order valence-corrected chi connectivity index (χ0v) is 29.8. The van der Waals surface area contributed by atoms with Gasteiger partial charge in [-0.2, -0.15) is 0 Å². The number of rotatable bonds is 12. The third kappa shape index (κ3) is 10.6. The largest absolute Gasteiger partial charge is 0.464 e. The Morgan fingerprint density at radius 3 is 1.12 bits per heavy atom. The number of pyridine rings is 5. The zero-order chi connectivity index (χ0) is 40.1.